The van der Waals surface area contributed by atoms with Crippen LogP contribution in [0.2, 0.25) is 0 Å². The van der Waals surface area contributed by atoms with Crippen molar-refractivity contribution in [1.29, 1.82) is 0 Å². The zero-order valence-electron chi connectivity index (χ0n) is 16.7. The van der Waals surface area contributed by atoms with Gasteiger partial charge in [0.2, 0.25) is 6.79 Å². The highest BCUT2D eigenvalue weighted by molar-refractivity contribution is 7.99. The molecule has 1 aromatic heterocycles. The summed E-state index contributed by atoms with van der Waals surface area (Å²) in [5.74, 6) is 2.78. The monoisotopic (exact) mass is 431 g/mol. The smallest absolute Gasteiger partial charge is 0.231 e. The van der Waals surface area contributed by atoms with E-state index in [-0.39, 0.29) is 6.79 Å². The number of hydrogen-bond acceptors (Lipinski definition) is 6. The van der Waals surface area contributed by atoms with Crippen LogP contribution in [0.1, 0.15) is 17.2 Å². The molecule has 0 unspecified atom stereocenters. The Bertz CT molecular complexity index is 1170. The van der Waals surface area contributed by atoms with Gasteiger partial charge in [-0.2, -0.15) is 0 Å². The summed E-state index contributed by atoms with van der Waals surface area (Å²) in [6.45, 7) is 0.830. The van der Waals surface area contributed by atoms with E-state index in [1.807, 2.05) is 78.9 Å². The van der Waals surface area contributed by atoms with Crippen LogP contribution >= 0.6 is 11.8 Å². The summed E-state index contributed by atoms with van der Waals surface area (Å²) in [7, 11) is 0. The van der Waals surface area contributed by atoms with E-state index in [1.165, 1.54) is 11.8 Å². The Balaban J connectivity index is 1.43. The second kappa shape index (κ2) is 8.83. The largest absolute Gasteiger partial charge is 0.454 e. The molecule has 6 nitrogen and oxygen atoms in total. The van der Waals surface area contributed by atoms with Gasteiger partial charge in [0, 0.05) is 11.3 Å². The Hall–Kier alpha value is -3.29. The van der Waals surface area contributed by atoms with E-state index >= 15 is 0 Å². The molecule has 31 heavy (non-hydrogen) atoms. The minimum absolute atomic E-state index is 0.249. The summed E-state index contributed by atoms with van der Waals surface area (Å²) >= 11 is 1.49. The number of aliphatic hydroxyl groups is 1. The first-order valence-corrected chi connectivity index (χ1v) is 11.0. The number of thioether (sulfide) groups is 1. The lowest BCUT2D eigenvalue weighted by atomic mass is 10.1. The van der Waals surface area contributed by atoms with Gasteiger partial charge in [-0.3, -0.25) is 4.57 Å². The molecular formula is C24H21N3O3S. The van der Waals surface area contributed by atoms with Gasteiger partial charge in [-0.1, -0.05) is 78.5 Å². The molecule has 1 N–H and O–H groups in total. The fourth-order valence-electron chi connectivity index (χ4n) is 3.49. The molecule has 2 heterocycles. The van der Waals surface area contributed by atoms with E-state index in [1.54, 1.807) is 0 Å². The van der Waals surface area contributed by atoms with E-state index in [2.05, 4.69) is 14.8 Å². The average molecular weight is 432 g/mol. The summed E-state index contributed by atoms with van der Waals surface area (Å²) < 4.78 is 13.0. The molecule has 5 rings (SSSR count). The van der Waals surface area contributed by atoms with Gasteiger partial charge < -0.3 is 14.6 Å². The van der Waals surface area contributed by atoms with Crippen LogP contribution in [-0.4, -0.2) is 32.4 Å². The second-order valence-corrected chi connectivity index (χ2v) is 8.17. The van der Waals surface area contributed by atoms with Crippen molar-refractivity contribution >= 4 is 11.8 Å². The van der Waals surface area contributed by atoms with Crippen molar-refractivity contribution in [2.24, 2.45) is 0 Å². The van der Waals surface area contributed by atoms with Crippen LogP contribution in [0.3, 0.4) is 0 Å². The van der Waals surface area contributed by atoms with Gasteiger partial charge in [0.1, 0.15) is 0 Å². The normalized spacial score (nSPS) is 13.3. The molecule has 1 atom stereocenters. The lowest BCUT2D eigenvalue weighted by molar-refractivity contribution is 0.174. The van der Waals surface area contributed by atoms with Crippen LogP contribution in [0.4, 0.5) is 0 Å². The molecule has 1 aliphatic rings. The topological polar surface area (TPSA) is 69.4 Å². The third-order valence-corrected chi connectivity index (χ3v) is 6.12. The minimum Gasteiger partial charge on any atom is -0.454 e. The lowest BCUT2D eigenvalue weighted by Gasteiger charge is -2.13. The summed E-state index contributed by atoms with van der Waals surface area (Å²) in [6.07, 6.45) is -0.581. The number of aromatic nitrogens is 3. The van der Waals surface area contributed by atoms with Crippen molar-refractivity contribution in [1.82, 2.24) is 14.8 Å². The predicted octanol–water partition coefficient (Wildman–Crippen LogP) is 4.55. The van der Waals surface area contributed by atoms with Gasteiger partial charge in [0.05, 0.1) is 12.6 Å². The van der Waals surface area contributed by atoms with E-state index in [9.17, 15) is 5.11 Å². The van der Waals surface area contributed by atoms with Gasteiger partial charge in [-0.25, -0.2) is 0 Å². The maximum Gasteiger partial charge on any atom is 0.231 e. The van der Waals surface area contributed by atoms with Crippen molar-refractivity contribution < 1.29 is 14.6 Å². The Labute approximate surface area is 184 Å². The number of hydrogen-bond donors (Lipinski definition) is 1. The number of benzene rings is 3. The maximum atomic E-state index is 10.6. The molecule has 7 heteroatoms. The number of fused-ring (bicyclic) bond motifs is 1. The first kappa shape index (κ1) is 19.7. The molecule has 156 valence electrons. The Morgan fingerprint density at radius 2 is 1.65 bits per heavy atom. The zero-order chi connectivity index (χ0) is 21.0. The Morgan fingerprint density at radius 1 is 0.903 bits per heavy atom. The predicted molar refractivity (Wildman–Crippen MR) is 119 cm³/mol. The molecule has 0 spiro atoms. The van der Waals surface area contributed by atoms with Crippen molar-refractivity contribution in [2.75, 3.05) is 12.5 Å². The second-order valence-electron chi connectivity index (χ2n) is 7.18. The van der Waals surface area contributed by atoms with Crippen LogP contribution in [0, 0.1) is 0 Å². The number of aliphatic hydroxyl groups excluding tert-OH is 1. The van der Waals surface area contributed by atoms with Gasteiger partial charge in [0.25, 0.3) is 0 Å². The average Bonchev–Trinajstić information content (AvgIpc) is 3.45. The Morgan fingerprint density at radius 3 is 2.45 bits per heavy atom. The van der Waals surface area contributed by atoms with Crippen LogP contribution in [0.25, 0.3) is 11.4 Å². The number of nitrogens with zero attached hydrogens (tertiary/aromatic N) is 3. The highest BCUT2D eigenvalue weighted by Gasteiger charge is 2.19. The third-order valence-electron chi connectivity index (χ3n) is 5.08. The maximum absolute atomic E-state index is 10.6. The summed E-state index contributed by atoms with van der Waals surface area (Å²) in [4.78, 5) is 0. The summed E-state index contributed by atoms with van der Waals surface area (Å²) in [5.41, 5.74) is 2.94. The van der Waals surface area contributed by atoms with E-state index in [0.717, 1.165) is 39.2 Å². The fraction of sp³-hybridized carbons (Fsp3) is 0.167. The lowest BCUT2D eigenvalue weighted by Crippen LogP contribution is -2.06. The molecule has 0 fully saturated rings. The van der Waals surface area contributed by atoms with Gasteiger partial charge in [-0.05, 0) is 23.3 Å². The SMILES string of the molecule is O[C@H](CSc1nnc(-c2ccccc2)n1Cc1ccc2c(c1)OCO2)c1ccccc1. The van der Waals surface area contributed by atoms with Crippen molar-refractivity contribution in [3.63, 3.8) is 0 Å². The molecule has 1 aliphatic heterocycles. The quantitative estimate of drug-likeness (QED) is 0.433. The highest BCUT2D eigenvalue weighted by Crippen LogP contribution is 2.34. The minimum atomic E-state index is -0.581. The van der Waals surface area contributed by atoms with Crippen molar-refractivity contribution in [3.8, 4) is 22.9 Å². The van der Waals surface area contributed by atoms with Crippen LogP contribution in [0.15, 0.2) is 84.0 Å². The first-order valence-electron chi connectivity index (χ1n) is 10.0. The zero-order valence-corrected chi connectivity index (χ0v) is 17.5. The van der Waals surface area contributed by atoms with Crippen molar-refractivity contribution in [3.05, 3.63) is 90.0 Å². The third kappa shape index (κ3) is 4.28. The van der Waals surface area contributed by atoms with Crippen molar-refractivity contribution in [2.45, 2.75) is 17.8 Å². The van der Waals surface area contributed by atoms with Crippen LogP contribution < -0.4 is 9.47 Å². The number of ether oxygens (including phenoxy) is 2. The molecule has 0 saturated heterocycles. The van der Waals surface area contributed by atoms with E-state index in [0.29, 0.717) is 12.3 Å². The van der Waals surface area contributed by atoms with Gasteiger partial charge in [0.15, 0.2) is 22.5 Å². The summed E-state index contributed by atoms with van der Waals surface area (Å²) in [5, 5.41) is 20.2. The molecule has 4 aromatic rings. The van der Waals surface area contributed by atoms with Crippen LogP contribution in [-0.2, 0) is 6.54 Å². The number of rotatable bonds is 7. The molecule has 0 bridgehead atoms. The van der Waals surface area contributed by atoms with E-state index < -0.39 is 6.10 Å². The highest BCUT2D eigenvalue weighted by atomic mass is 32.2. The molecule has 0 amide bonds. The molecule has 0 aliphatic carbocycles. The summed E-state index contributed by atoms with van der Waals surface area (Å²) in [6, 6.07) is 25.6. The molecule has 0 radical (unpaired) electrons. The van der Waals surface area contributed by atoms with Gasteiger partial charge >= 0.3 is 0 Å². The molecule has 3 aromatic carbocycles. The molecular weight excluding hydrogens is 410 g/mol. The van der Waals surface area contributed by atoms with E-state index in [4.69, 9.17) is 9.47 Å². The van der Waals surface area contributed by atoms with Crippen LogP contribution in [0.5, 0.6) is 11.5 Å². The molecule has 0 saturated carbocycles. The fourth-order valence-corrected chi connectivity index (χ4v) is 4.39. The first-order chi connectivity index (χ1) is 15.3. The Kier molecular flexibility index (Phi) is 5.60. The van der Waals surface area contributed by atoms with Gasteiger partial charge in [-0.15, -0.1) is 10.2 Å². The standard InChI is InChI=1S/C24H21N3O3S/c28-20(18-7-3-1-4-8-18)15-31-24-26-25-23(19-9-5-2-6-10-19)27(24)14-17-11-12-21-22(13-17)30-16-29-21/h1-13,20,28H,14-16H2/t20-/m1/s1.